The van der Waals surface area contributed by atoms with Gasteiger partial charge in [-0.3, -0.25) is 4.79 Å². The first kappa shape index (κ1) is 18.3. The lowest BCUT2D eigenvalue weighted by molar-refractivity contribution is -0.117. The zero-order valence-corrected chi connectivity index (χ0v) is 15.5. The third-order valence-corrected chi connectivity index (χ3v) is 4.81. The summed E-state index contributed by atoms with van der Waals surface area (Å²) in [6.07, 6.45) is 0. The van der Waals surface area contributed by atoms with Crippen LogP contribution in [0, 0.1) is 0 Å². The number of rotatable bonds is 5. The molecule has 0 bridgehead atoms. The number of anilines is 1. The quantitative estimate of drug-likeness (QED) is 0.673. The van der Waals surface area contributed by atoms with Crippen molar-refractivity contribution in [2.45, 2.75) is 19.4 Å². The third kappa shape index (κ3) is 3.93. The third-order valence-electron chi connectivity index (χ3n) is 4.81. The second-order valence-electron chi connectivity index (χ2n) is 6.78. The standard InChI is InChI=1S/C22H20BNO4/c1-15(16-6-5-9-20(12-16)28-19-7-3-2-4-8-19)22(25)24-18-11-10-17-14-27-23(26)21(17)13-18/h2-13,15,26H,14H2,1H3,(H,24,25). The Morgan fingerprint density at radius 3 is 2.68 bits per heavy atom. The van der Waals surface area contributed by atoms with Crippen LogP contribution in [0.15, 0.2) is 72.8 Å². The van der Waals surface area contributed by atoms with E-state index in [0.29, 0.717) is 23.5 Å². The largest absolute Gasteiger partial charge is 0.491 e. The van der Waals surface area contributed by atoms with Crippen molar-refractivity contribution in [1.29, 1.82) is 0 Å². The summed E-state index contributed by atoms with van der Waals surface area (Å²) in [6.45, 7) is 2.23. The van der Waals surface area contributed by atoms with Crippen molar-refractivity contribution in [2.24, 2.45) is 0 Å². The van der Waals surface area contributed by atoms with Crippen LogP contribution in [-0.2, 0) is 16.1 Å². The molecule has 0 saturated carbocycles. The number of ether oxygens (including phenoxy) is 1. The molecule has 0 fully saturated rings. The van der Waals surface area contributed by atoms with E-state index in [0.717, 1.165) is 16.9 Å². The zero-order chi connectivity index (χ0) is 19.5. The molecule has 3 aromatic rings. The van der Waals surface area contributed by atoms with Crippen LogP contribution < -0.4 is 15.5 Å². The molecular formula is C22H20BNO4. The van der Waals surface area contributed by atoms with Gasteiger partial charge >= 0.3 is 7.12 Å². The Balaban J connectivity index is 1.47. The van der Waals surface area contributed by atoms with Crippen LogP contribution in [0.3, 0.4) is 0 Å². The minimum absolute atomic E-state index is 0.134. The van der Waals surface area contributed by atoms with Crippen molar-refractivity contribution in [1.82, 2.24) is 0 Å². The molecule has 0 saturated heterocycles. The Kier molecular flexibility index (Phi) is 5.15. The van der Waals surface area contributed by atoms with E-state index in [1.54, 1.807) is 6.07 Å². The fourth-order valence-corrected chi connectivity index (χ4v) is 3.17. The van der Waals surface area contributed by atoms with E-state index in [9.17, 15) is 9.82 Å². The van der Waals surface area contributed by atoms with Crippen molar-refractivity contribution in [2.75, 3.05) is 5.32 Å². The van der Waals surface area contributed by atoms with E-state index in [2.05, 4.69) is 5.32 Å². The van der Waals surface area contributed by atoms with Gasteiger partial charge in [0, 0.05) is 5.69 Å². The van der Waals surface area contributed by atoms with E-state index in [-0.39, 0.29) is 11.8 Å². The highest BCUT2D eigenvalue weighted by molar-refractivity contribution is 6.61. The van der Waals surface area contributed by atoms with Crippen LogP contribution in [0.2, 0.25) is 0 Å². The van der Waals surface area contributed by atoms with E-state index >= 15 is 0 Å². The summed E-state index contributed by atoms with van der Waals surface area (Å²) in [6, 6.07) is 22.5. The molecule has 0 aliphatic carbocycles. The SMILES string of the molecule is CC(C(=O)Nc1ccc2c(c1)B(O)OC2)c1cccc(Oc2ccccc2)c1. The number of hydrogen-bond acceptors (Lipinski definition) is 4. The van der Waals surface area contributed by atoms with Crippen molar-refractivity contribution in [3.63, 3.8) is 0 Å². The first-order chi connectivity index (χ1) is 13.6. The highest BCUT2D eigenvalue weighted by Crippen LogP contribution is 2.26. The monoisotopic (exact) mass is 373 g/mol. The van der Waals surface area contributed by atoms with Gasteiger partial charge in [0.2, 0.25) is 5.91 Å². The summed E-state index contributed by atoms with van der Waals surface area (Å²) in [5.74, 6) is 0.927. The molecule has 1 unspecified atom stereocenters. The Bertz CT molecular complexity index is 993. The topological polar surface area (TPSA) is 67.8 Å². The van der Waals surface area contributed by atoms with Crippen LogP contribution in [0.1, 0.15) is 24.0 Å². The maximum Gasteiger partial charge on any atom is 0.491 e. The maximum atomic E-state index is 12.7. The lowest BCUT2D eigenvalue weighted by Gasteiger charge is -2.15. The fourth-order valence-electron chi connectivity index (χ4n) is 3.17. The van der Waals surface area contributed by atoms with Gasteiger partial charge in [-0.25, -0.2) is 0 Å². The van der Waals surface area contributed by atoms with E-state index in [1.165, 1.54) is 0 Å². The molecule has 4 rings (SSSR count). The van der Waals surface area contributed by atoms with Crippen molar-refractivity contribution >= 4 is 24.2 Å². The van der Waals surface area contributed by atoms with Gasteiger partial charge in [0.1, 0.15) is 11.5 Å². The molecule has 1 aliphatic heterocycles. The van der Waals surface area contributed by atoms with Crippen LogP contribution in [0.25, 0.3) is 0 Å². The lowest BCUT2D eigenvalue weighted by atomic mass is 9.79. The van der Waals surface area contributed by atoms with Gasteiger partial charge in [-0.05, 0) is 59.9 Å². The molecule has 140 valence electrons. The van der Waals surface area contributed by atoms with E-state index in [1.807, 2.05) is 73.7 Å². The Hall–Kier alpha value is -3.09. The van der Waals surface area contributed by atoms with Gasteiger partial charge < -0.3 is 19.7 Å². The van der Waals surface area contributed by atoms with Gasteiger partial charge in [0.15, 0.2) is 0 Å². The smallest absolute Gasteiger partial charge is 0.457 e. The molecule has 0 spiro atoms. The lowest BCUT2D eigenvalue weighted by Crippen LogP contribution is -2.29. The summed E-state index contributed by atoms with van der Waals surface area (Å²) in [5.41, 5.74) is 3.13. The Morgan fingerprint density at radius 1 is 1.07 bits per heavy atom. The first-order valence-corrected chi connectivity index (χ1v) is 9.16. The molecule has 5 nitrogen and oxygen atoms in total. The molecule has 28 heavy (non-hydrogen) atoms. The molecule has 1 amide bonds. The van der Waals surface area contributed by atoms with Crippen LogP contribution >= 0.6 is 0 Å². The molecule has 1 heterocycles. The predicted molar refractivity (Wildman–Crippen MR) is 109 cm³/mol. The minimum atomic E-state index is -0.934. The molecule has 1 aliphatic rings. The van der Waals surface area contributed by atoms with Crippen LogP contribution in [-0.4, -0.2) is 18.0 Å². The molecular weight excluding hydrogens is 353 g/mol. The van der Waals surface area contributed by atoms with Gasteiger partial charge in [0.25, 0.3) is 0 Å². The second kappa shape index (κ2) is 7.88. The first-order valence-electron chi connectivity index (χ1n) is 9.16. The second-order valence-corrected chi connectivity index (χ2v) is 6.78. The van der Waals surface area contributed by atoms with Gasteiger partial charge in [-0.2, -0.15) is 0 Å². The highest BCUT2D eigenvalue weighted by Gasteiger charge is 2.27. The number of amides is 1. The number of benzene rings is 3. The van der Waals surface area contributed by atoms with Gasteiger partial charge in [0.05, 0.1) is 12.5 Å². The van der Waals surface area contributed by atoms with Crippen molar-refractivity contribution < 1.29 is 19.2 Å². The zero-order valence-electron chi connectivity index (χ0n) is 15.5. The van der Waals surface area contributed by atoms with Crippen LogP contribution in [0.5, 0.6) is 11.5 Å². The predicted octanol–water partition coefficient (Wildman–Crippen LogP) is 3.44. The number of hydrogen-bond donors (Lipinski definition) is 2. The number of para-hydroxylation sites is 1. The molecule has 0 radical (unpaired) electrons. The molecule has 6 heteroatoms. The number of carbonyl (C=O) groups is 1. The highest BCUT2D eigenvalue weighted by atomic mass is 16.5. The summed E-state index contributed by atoms with van der Waals surface area (Å²) in [7, 11) is -0.934. The van der Waals surface area contributed by atoms with Crippen molar-refractivity contribution in [3.05, 3.63) is 83.9 Å². The summed E-state index contributed by atoms with van der Waals surface area (Å²) < 4.78 is 11.0. The average Bonchev–Trinajstić information content (AvgIpc) is 3.09. The minimum Gasteiger partial charge on any atom is -0.457 e. The molecule has 0 aromatic heterocycles. The summed E-state index contributed by atoms with van der Waals surface area (Å²) >= 11 is 0. The Morgan fingerprint density at radius 2 is 1.86 bits per heavy atom. The van der Waals surface area contributed by atoms with Gasteiger partial charge in [-0.15, -0.1) is 0 Å². The average molecular weight is 373 g/mol. The fraction of sp³-hybridized carbons (Fsp3) is 0.136. The number of nitrogens with one attached hydrogen (secondary N) is 1. The Labute approximate surface area is 164 Å². The van der Waals surface area contributed by atoms with E-state index in [4.69, 9.17) is 9.39 Å². The summed E-state index contributed by atoms with van der Waals surface area (Å²) in [4.78, 5) is 12.7. The van der Waals surface area contributed by atoms with Crippen molar-refractivity contribution in [3.8, 4) is 11.5 Å². The summed E-state index contributed by atoms with van der Waals surface area (Å²) in [5, 5.41) is 12.7. The number of carbonyl (C=O) groups excluding carboxylic acids is 1. The molecule has 1 atom stereocenters. The molecule has 2 N–H and O–H groups in total. The van der Waals surface area contributed by atoms with Gasteiger partial charge in [-0.1, -0.05) is 36.4 Å². The normalized spacial score (nSPS) is 13.7. The molecule has 3 aromatic carbocycles. The number of fused-ring (bicyclic) bond motifs is 1. The van der Waals surface area contributed by atoms with E-state index < -0.39 is 7.12 Å². The van der Waals surface area contributed by atoms with Crippen LogP contribution in [0.4, 0.5) is 5.69 Å². The maximum absolute atomic E-state index is 12.7.